The Kier molecular flexibility index (Phi) is 2.83. The molecule has 0 aliphatic carbocycles. The second-order valence-corrected chi connectivity index (χ2v) is 4.42. The van der Waals surface area contributed by atoms with Gasteiger partial charge in [0.15, 0.2) is 5.11 Å². The van der Waals surface area contributed by atoms with Gasteiger partial charge in [0.2, 0.25) is 0 Å². The molecule has 78 valence electrons. The van der Waals surface area contributed by atoms with Crippen molar-refractivity contribution in [3.8, 4) is 0 Å². The first kappa shape index (κ1) is 10.3. The van der Waals surface area contributed by atoms with E-state index < -0.39 is 0 Å². The van der Waals surface area contributed by atoms with E-state index in [1.54, 1.807) is 16.2 Å². The normalized spacial score (nSPS) is 18.7. The van der Waals surface area contributed by atoms with Crippen LogP contribution in [0.2, 0.25) is 0 Å². The van der Waals surface area contributed by atoms with Crippen LogP contribution >= 0.6 is 23.6 Å². The number of nitrogens with one attached hydrogen (secondary N) is 1. The maximum Gasteiger partial charge on any atom is 0.276 e. The van der Waals surface area contributed by atoms with Crippen molar-refractivity contribution in [1.29, 1.82) is 0 Å². The van der Waals surface area contributed by atoms with E-state index in [0.29, 0.717) is 17.4 Å². The van der Waals surface area contributed by atoms with E-state index in [-0.39, 0.29) is 5.91 Å². The molecule has 3 nitrogen and oxygen atoms in total. The minimum absolute atomic E-state index is 0.0455. The molecule has 1 amide bonds. The van der Waals surface area contributed by atoms with Crippen LogP contribution in [-0.4, -0.2) is 22.5 Å². The maximum atomic E-state index is 11.8. The van der Waals surface area contributed by atoms with Crippen molar-refractivity contribution in [2.24, 2.45) is 0 Å². The number of amides is 1. The number of thiocarbonyl (C=S) groups is 1. The first-order valence-corrected chi connectivity index (χ1v) is 5.89. The van der Waals surface area contributed by atoms with Crippen molar-refractivity contribution < 1.29 is 4.79 Å². The third kappa shape index (κ3) is 1.93. The summed E-state index contributed by atoms with van der Waals surface area (Å²) in [5.41, 5.74) is 0.560. The molecule has 0 saturated carbocycles. The highest BCUT2D eigenvalue weighted by molar-refractivity contribution is 7.80. The minimum Gasteiger partial charge on any atom is -0.328 e. The highest BCUT2D eigenvalue weighted by Gasteiger charge is 2.28. The van der Waals surface area contributed by atoms with Crippen LogP contribution in [0.25, 0.3) is 6.08 Å². The van der Waals surface area contributed by atoms with Gasteiger partial charge in [-0.2, -0.15) is 0 Å². The van der Waals surface area contributed by atoms with Crippen molar-refractivity contribution in [2.45, 2.75) is 6.92 Å². The number of rotatable bonds is 2. The lowest BCUT2D eigenvalue weighted by atomic mass is 10.3. The molecular formula is C10H10N2OS2. The van der Waals surface area contributed by atoms with Gasteiger partial charge in [0, 0.05) is 11.4 Å². The Balaban J connectivity index is 2.26. The van der Waals surface area contributed by atoms with Gasteiger partial charge >= 0.3 is 0 Å². The van der Waals surface area contributed by atoms with E-state index in [2.05, 4.69) is 5.32 Å². The summed E-state index contributed by atoms with van der Waals surface area (Å²) in [4.78, 5) is 14.4. The van der Waals surface area contributed by atoms with Crippen LogP contribution in [-0.2, 0) is 4.79 Å². The van der Waals surface area contributed by atoms with Gasteiger partial charge in [-0.15, -0.1) is 11.3 Å². The molecule has 0 radical (unpaired) electrons. The lowest BCUT2D eigenvalue weighted by Gasteiger charge is -2.08. The zero-order chi connectivity index (χ0) is 10.8. The molecular weight excluding hydrogens is 228 g/mol. The van der Waals surface area contributed by atoms with Gasteiger partial charge in [-0.3, -0.25) is 9.69 Å². The van der Waals surface area contributed by atoms with E-state index in [9.17, 15) is 4.79 Å². The smallest absolute Gasteiger partial charge is 0.276 e. The van der Waals surface area contributed by atoms with Crippen molar-refractivity contribution >= 4 is 40.7 Å². The van der Waals surface area contributed by atoms with E-state index in [1.807, 2.05) is 30.5 Å². The summed E-state index contributed by atoms with van der Waals surface area (Å²) in [6.07, 6.45) is 1.83. The van der Waals surface area contributed by atoms with Crippen LogP contribution in [0, 0.1) is 0 Å². The molecule has 1 aromatic rings. The molecule has 1 aromatic heterocycles. The van der Waals surface area contributed by atoms with Crippen LogP contribution in [0.3, 0.4) is 0 Å². The predicted octanol–water partition coefficient (Wildman–Crippen LogP) is 1.83. The number of hydrogen-bond donors (Lipinski definition) is 1. The standard InChI is InChI=1S/C10H10N2OS2/c1-2-12-9(13)8(11-10(12)14)6-7-4-3-5-15-7/h3-6H,2H2,1H3,(H,11,14)/b8-6+. The van der Waals surface area contributed by atoms with Crippen molar-refractivity contribution in [2.75, 3.05) is 6.54 Å². The summed E-state index contributed by atoms with van der Waals surface area (Å²) in [7, 11) is 0. The Labute approximate surface area is 97.4 Å². The Morgan fingerprint density at radius 1 is 1.67 bits per heavy atom. The number of hydrogen-bond acceptors (Lipinski definition) is 3. The van der Waals surface area contributed by atoms with Gasteiger partial charge in [-0.1, -0.05) is 6.07 Å². The van der Waals surface area contributed by atoms with Gasteiger partial charge in [0.1, 0.15) is 5.70 Å². The van der Waals surface area contributed by atoms with Crippen molar-refractivity contribution in [3.05, 3.63) is 28.1 Å². The molecule has 5 heteroatoms. The fourth-order valence-electron chi connectivity index (χ4n) is 1.37. The summed E-state index contributed by atoms with van der Waals surface area (Å²) in [6.45, 7) is 2.51. The highest BCUT2D eigenvalue weighted by Crippen LogP contribution is 2.16. The molecule has 0 atom stereocenters. The first-order valence-electron chi connectivity index (χ1n) is 4.60. The Morgan fingerprint density at radius 2 is 2.47 bits per heavy atom. The molecule has 2 rings (SSSR count). The maximum absolute atomic E-state index is 11.8. The zero-order valence-electron chi connectivity index (χ0n) is 8.19. The number of likely N-dealkylation sites (N-methyl/N-ethyl adjacent to an activating group) is 1. The Bertz CT molecular complexity index is 423. The van der Waals surface area contributed by atoms with Gasteiger partial charge in [-0.25, -0.2) is 0 Å². The van der Waals surface area contributed by atoms with Crippen molar-refractivity contribution in [3.63, 3.8) is 0 Å². The van der Waals surface area contributed by atoms with Crippen LogP contribution in [0.15, 0.2) is 23.2 Å². The molecule has 0 unspecified atom stereocenters. The zero-order valence-corrected chi connectivity index (χ0v) is 9.82. The molecule has 1 fully saturated rings. The van der Waals surface area contributed by atoms with Crippen LogP contribution in [0.5, 0.6) is 0 Å². The highest BCUT2D eigenvalue weighted by atomic mass is 32.1. The van der Waals surface area contributed by atoms with E-state index >= 15 is 0 Å². The minimum atomic E-state index is -0.0455. The first-order chi connectivity index (χ1) is 7.22. The van der Waals surface area contributed by atoms with Gasteiger partial charge in [-0.05, 0) is 36.7 Å². The lowest BCUT2D eigenvalue weighted by Crippen LogP contribution is -2.30. The molecule has 15 heavy (non-hydrogen) atoms. The largest absolute Gasteiger partial charge is 0.328 e. The summed E-state index contributed by atoms with van der Waals surface area (Å²) in [5, 5.41) is 5.38. The molecule has 2 heterocycles. The predicted molar refractivity (Wildman–Crippen MR) is 65.4 cm³/mol. The Hall–Kier alpha value is -1.20. The van der Waals surface area contributed by atoms with E-state index in [1.165, 1.54) is 0 Å². The molecule has 1 saturated heterocycles. The van der Waals surface area contributed by atoms with Crippen LogP contribution in [0.1, 0.15) is 11.8 Å². The van der Waals surface area contributed by atoms with Crippen LogP contribution < -0.4 is 5.32 Å². The average Bonchev–Trinajstić information content (AvgIpc) is 2.78. The summed E-state index contributed by atoms with van der Waals surface area (Å²) >= 11 is 6.64. The second-order valence-electron chi connectivity index (χ2n) is 3.05. The molecule has 0 bridgehead atoms. The topological polar surface area (TPSA) is 32.3 Å². The molecule has 0 spiro atoms. The SMILES string of the molecule is CCN1C(=O)/C(=C\c2cccs2)NC1=S. The third-order valence-corrected chi connectivity index (χ3v) is 3.25. The monoisotopic (exact) mass is 238 g/mol. The number of thiophene rings is 1. The molecule has 1 aliphatic rings. The average molecular weight is 238 g/mol. The number of carbonyl (C=O) groups excluding carboxylic acids is 1. The van der Waals surface area contributed by atoms with Crippen molar-refractivity contribution in [1.82, 2.24) is 10.2 Å². The summed E-state index contributed by atoms with van der Waals surface area (Å²) in [5.74, 6) is -0.0455. The van der Waals surface area contributed by atoms with E-state index in [4.69, 9.17) is 12.2 Å². The Morgan fingerprint density at radius 3 is 3.00 bits per heavy atom. The fourth-order valence-corrected chi connectivity index (χ4v) is 2.35. The van der Waals surface area contributed by atoms with Gasteiger partial charge in [0.25, 0.3) is 5.91 Å². The third-order valence-electron chi connectivity index (χ3n) is 2.11. The number of carbonyl (C=O) groups is 1. The summed E-state index contributed by atoms with van der Waals surface area (Å²) < 4.78 is 0. The molecule has 1 aliphatic heterocycles. The van der Waals surface area contributed by atoms with E-state index in [0.717, 1.165) is 4.88 Å². The van der Waals surface area contributed by atoms with Gasteiger partial charge < -0.3 is 5.32 Å². The summed E-state index contributed by atoms with van der Waals surface area (Å²) in [6, 6.07) is 3.91. The molecule has 0 aromatic carbocycles. The van der Waals surface area contributed by atoms with Crippen LogP contribution in [0.4, 0.5) is 0 Å². The fraction of sp³-hybridized carbons (Fsp3) is 0.200. The molecule has 1 N–H and O–H groups in total. The quantitative estimate of drug-likeness (QED) is 0.630. The van der Waals surface area contributed by atoms with Gasteiger partial charge in [0.05, 0.1) is 0 Å². The second kappa shape index (κ2) is 4.12. The number of nitrogens with zero attached hydrogens (tertiary/aromatic N) is 1. The lowest BCUT2D eigenvalue weighted by molar-refractivity contribution is -0.122.